The van der Waals surface area contributed by atoms with E-state index in [9.17, 15) is 4.79 Å². The molecule has 1 amide bonds. The molecule has 20 heavy (non-hydrogen) atoms. The standard InChI is InChI=1S/C16H22N2O2/c1-13(2)18(10-5-11-19)16(20)15-8-3-6-14(12-15)7-4-9-17/h3,6,8,12-13,19H,5,9-11,17H2,1-2H3. The molecule has 0 unspecified atom stereocenters. The molecule has 0 spiro atoms. The van der Waals surface area contributed by atoms with Gasteiger partial charge in [0.1, 0.15) is 0 Å². The van der Waals surface area contributed by atoms with Gasteiger partial charge in [0.05, 0.1) is 6.54 Å². The number of rotatable bonds is 5. The van der Waals surface area contributed by atoms with Gasteiger partial charge in [-0.25, -0.2) is 0 Å². The van der Waals surface area contributed by atoms with Gasteiger partial charge in [0.15, 0.2) is 0 Å². The Morgan fingerprint density at radius 2 is 2.20 bits per heavy atom. The Morgan fingerprint density at radius 1 is 1.45 bits per heavy atom. The summed E-state index contributed by atoms with van der Waals surface area (Å²) in [7, 11) is 0. The lowest BCUT2D eigenvalue weighted by molar-refractivity contribution is 0.0693. The average molecular weight is 274 g/mol. The maximum absolute atomic E-state index is 12.5. The highest BCUT2D eigenvalue weighted by molar-refractivity contribution is 5.94. The van der Waals surface area contributed by atoms with Crippen molar-refractivity contribution >= 4 is 5.91 Å². The molecule has 108 valence electrons. The second-order valence-electron chi connectivity index (χ2n) is 4.76. The van der Waals surface area contributed by atoms with Crippen LogP contribution in [-0.2, 0) is 0 Å². The second kappa shape index (κ2) is 8.36. The Kier molecular flexibility index (Phi) is 6.78. The third-order valence-corrected chi connectivity index (χ3v) is 2.89. The third-order valence-electron chi connectivity index (χ3n) is 2.89. The van der Waals surface area contributed by atoms with Crippen LogP contribution in [0.2, 0.25) is 0 Å². The van der Waals surface area contributed by atoms with E-state index >= 15 is 0 Å². The fourth-order valence-corrected chi connectivity index (χ4v) is 1.88. The molecule has 4 nitrogen and oxygen atoms in total. The van der Waals surface area contributed by atoms with Gasteiger partial charge >= 0.3 is 0 Å². The van der Waals surface area contributed by atoms with E-state index in [1.165, 1.54) is 0 Å². The van der Waals surface area contributed by atoms with Crippen molar-refractivity contribution in [2.45, 2.75) is 26.3 Å². The van der Waals surface area contributed by atoms with Gasteiger partial charge in [0.2, 0.25) is 0 Å². The zero-order valence-corrected chi connectivity index (χ0v) is 12.1. The molecule has 0 saturated carbocycles. The molecule has 0 atom stereocenters. The molecule has 0 saturated heterocycles. The third kappa shape index (κ3) is 4.69. The van der Waals surface area contributed by atoms with Crippen molar-refractivity contribution in [1.29, 1.82) is 0 Å². The fourth-order valence-electron chi connectivity index (χ4n) is 1.88. The van der Waals surface area contributed by atoms with Crippen LogP contribution in [0.25, 0.3) is 0 Å². The van der Waals surface area contributed by atoms with E-state index in [4.69, 9.17) is 10.8 Å². The molecule has 4 heteroatoms. The van der Waals surface area contributed by atoms with E-state index in [2.05, 4.69) is 11.8 Å². The van der Waals surface area contributed by atoms with Crippen molar-refractivity contribution in [3.63, 3.8) is 0 Å². The minimum Gasteiger partial charge on any atom is -0.396 e. The number of aliphatic hydroxyl groups excluding tert-OH is 1. The minimum absolute atomic E-state index is 0.0372. The van der Waals surface area contributed by atoms with Crippen molar-refractivity contribution < 1.29 is 9.90 Å². The smallest absolute Gasteiger partial charge is 0.254 e. The highest BCUT2D eigenvalue weighted by Crippen LogP contribution is 2.11. The average Bonchev–Trinajstić information content (AvgIpc) is 2.45. The van der Waals surface area contributed by atoms with Gasteiger partial charge in [-0.15, -0.1) is 0 Å². The summed E-state index contributed by atoms with van der Waals surface area (Å²) >= 11 is 0. The Hall–Kier alpha value is -1.83. The van der Waals surface area contributed by atoms with Crippen LogP contribution in [0.5, 0.6) is 0 Å². The van der Waals surface area contributed by atoms with Crippen LogP contribution in [0.4, 0.5) is 0 Å². The largest absolute Gasteiger partial charge is 0.396 e. The number of hydrogen-bond donors (Lipinski definition) is 2. The number of aliphatic hydroxyl groups is 1. The van der Waals surface area contributed by atoms with Crippen LogP contribution in [-0.4, -0.2) is 41.7 Å². The predicted molar refractivity (Wildman–Crippen MR) is 80.2 cm³/mol. The topological polar surface area (TPSA) is 66.6 Å². The lowest BCUT2D eigenvalue weighted by Crippen LogP contribution is -2.38. The molecule has 0 bridgehead atoms. The number of amides is 1. The molecule has 0 heterocycles. The van der Waals surface area contributed by atoms with Crippen molar-refractivity contribution in [3.05, 3.63) is 35.4 Å². The molecule has 0 fully saturated rings. The monoisotopic (exact) mass is 274 g/mol. The van der Waals surface area contributed by atoms with E-state index in [0.29, 0.717) is 25.1 Å². The van der Waals surface area contributed by atoms with E-state index in [-0.39, 0.29) is 18.6 Å². The molecule has 3 N–H and O–H groups in total. The molecule has 0 aromatic heterocycles. The Balaban J connectivity index is 2.93. The van der Waals surface area contributed by atoms with Gasteiger partial charge < -0.3 is 15.7 Å². The number of hydrogen-bond acceptors (Lipinski definition) is 3. The molecule has 0 aliphatic heterocycles. The second-order valence-corrected chi connectivity index (χ2v) is 4.76. The number of benzene rings is 1. The van der Waals surface area contributed by atoms with Crippen molar-refractivity contribution in [1.82, 2.24) is 4.90 Å². The van der Waals surface area contributed by atoms with Crippen LogP contribution in [0.15, 0.2) is 24.3 Å². The first-order valence-corrected chi connectivity index (χ1v) is 6.81. The lowest BCUT2D eigenvalue weighted by atomic mass is 10.1. The van der Waals surface area contributed by atoms with Gasteiger partial charge in [-0.3, -0.25) is 4.79 Å². The lowest BCUT2D eigenvalue weighted by Gasteiger charge is -2.26. The number of nitrogens with zero attached hydrogens (tertiary/aromatic N) is 1. The van der Waals surface area contributed by atoms with Gasteiger partial charge in [-0.1, -0.05) is 17.9 Å². The van der Waals surface area contributed by atoms with E-state index < -0.39 is 0 Å². The normalized spacial score (nSPS) is 10.1. The minimum atomic E-state index is -0.0372. The first-order chi connectivity index (χ1) is 9.60. The highest BCUT2D eigenvalue weighted by atomic mass is 16.3. The molecule has 0 aliphatic rings. The molecular formula is C16H22N2O2. The van der Waals surface area contributed by atoms with Crippen LogP contribution in [0.1, 0.15) is 36.2 Å². The molecule has 1 rings (SSSR count). The van der Waals surface area contributed by atoms with Gasteiger partial charge in [-0.05, 0) is 38.5 Å². The zero-order valence-electron chi connectivity index (χ0n) is 12.1. The summed E-state index contributed by atoms with van der Waals surface area (Å²) in [5.74, 6) is 5.66. The Labute approximate surface area is 120 Å². The highest BCUT2D eigenvalue weighted by Gasteiger charge is 2.18. The number of carbonyl (C=O) groups is 1. The molecule has 1 aromatic carbocycles. The number of carbonyl (C=O) groups excluding carboxylic acids is 1. The Bertz CT molecular complexity index is 501. The van der Waals surface area contributed by atoms with E-state index in [1.54, 1.807) is 17.0 Å². The first-order valence-electron chi connectivity index (χ1n) is 6.81. The van der Waals surface area contributed by atoms with Crippen LogP contribution in [0.3, 0.4) is 0 Å². The number of nitrogens with two attached hydrogens (primary N) is 1. The van der Waals surface area contributed by atoms with Gasteiger partial charge in [0, 0.05) is 30.3 Å². The molecule has 0 radical (unpaired) electrons. The quantitative estimate of drug-likeness (QED) is 0.794. The fraction of sp³-hybridized carbons (Fsp3) is 0.438. The van der Waals surface area contributed by atoms with Crippen LogP contribution >= 0.6 is 0 Å². The summed E-state index contributed by atoms with van der Waals surface area (Å²) in [6.45, 7) is 4.86. The van der Waals surface area contributed by atoms with E-state index in [1.807, 2.05) is 26.0 Å². The van der Waals surface area contributed by atoms with E-state index in [0.717, 1.165) is 5.56 Å². The van der Waals surface area contributed by atoms with Gasteiger partial charge in [-0.2, -0.15) is 0 Å². The summed E-state index contributed by atoms with van der Waals surface area (Å²) in [5, 5.41) is 8.92. The molecular weight excluding hydrogens is 252 g/mol. The summed E-state index contributed by atoms with van der Waals surface area (Å²) in [4.78, 5) is 14.2. The SMILES string of the molecule is CC(C)N(CCCO)C(=O)c1cccc(C#CCN)c1. The van der Waals surface area contributed by atoms with Crippen molar-refractivity contribution in [2.75, 3.05) is 19.7 Å². The maximum Gasteiger partial charge on any atom is 0.254 e. The zero-order chi connectivity index (χ0) is 15.0. The van der Waals surface area contributed by atoms with Crippen LogP contribution < -0.4 is 5.73 Å². The summed E-state index contributed by atoms with van der Waals surface area (Å²) < 4.78 is 0. The predicted octanol–water partition coefficient (Wildman–Crippen LogP) is 1.23. The van der Waals surface area contributed by atoms with Gasteiger partial charge in [0.25, 0.3) is 5.91 Å². The molecule has 1 aromatic rings. The summed E-state index contributed by atoms with van der Waals surface area (Å²) in [6, 6.07) is 7.32. The summed E-state index contributed by atoms with van der Waals surface area (Å²) in [5.41, 5.74) is 6.74. The first kappa shape index (κ1) is 16.2. The van der Waals surface area contributed by atoms with Crippen LogP contribution in [0, 0.1) is 11.8 Å². The molecule has 0 aliphatic carbocycles. The van der Waals surface area contributed by atoms with Crippen molar-refractivity contribution in [2.24, 2.45) is 5.73 Å². The van der Waals surface area contributed by atoms with Crippen molar-refractivity contribution in [3.8, 4) is 11.8 Å². The summed E-state index contributed by atoms with van der Waals surface area (Å²) in [6.07, 6.45) is 0.580. The maximum atomic E-state index is 12.5. The Morgan fingerprint density at radius 3 is 2.80 bits per heavy atom.